The Labute approximate surface area is 143 Å². The Morgan fingerprint density at radius 1 is 1.39 bits per heavy atom. The molecule has 0 saturated carbocycles. The Hall–Kier alpha value is -1.90. The van der Waals surface area contributed by atoms with Crippen molar-refractivity contribution >= 4 is 33.5 Å². The minimum Gasteiger partial charge on any atom is -0.444 e. The molecule has 1 amide bonds. The number of nitrogens with one attached hydrogen (secondary N) is 2. The van der Waals surface area contributed by atoms with Crippen molar-refractivity contribution in [1.82, 2.24) is 10.3 Å². The van der Waals surface area contributed by atoms with Crippen LogP contribution in [0, 0.1) is 10.1 Å². The number of pyridine rings is 1. The Morgan fingerprint density at radius 2 is 2.04 bits per heavy atom. The van der Waals surface area contributed by atoms with Gasteiger partial charge in [-0.1, -0.05) is 0 Å². The summed E-state index contributed by atoms with van der Waals surface area (Å²) >= 11 is 3.23. The van der Waals surface area contributed by atoms with E-state index in [0.717, 1.165) is 12.8 Å². The first kappa shape index (κ1) is 19.1. The van der Waals surface area contributed by atoms with E-state index in [-0.39, 0.29) is 5.82 Å². The molecular weight excluding hydrogens is 368 g/mol. The van der Waals surface area contributed by atoms with Gasteiger partial charge in [-0.05, 0) is 65.5 Å². The van der Waals surface area contributed by atoms with E-state index in [0.29, 0.717) is 23.2 Å². The van der Waals surface area contributed by atoms with Gasteiger partial charge in [0, 0.05) is 13.1 Å². The molecule has 0 spiro atoms. The molecular formula is C14H21BrN4O4. The quantitative estimate of drug-likeness (QED) is 0.420. The lowest BCUT2D eigenvalue weighted by Gasteiger charge is -2.19. The van der Waals surface area contributed by atoms with E-state index in [9.17, 15) is 14.9 Å². The summed E-state index contributed by atoms with van der Waals surface area (Å²) in [7, 11) is 0. The summed E-state index contributed by atoms with van der Waals surface area (Å²) in [4.78, 5) is 25.6. The summed E-state index contributed by atoms with van der Waals surface area (Å²) in [6.45, 7) is 6.42. The highest BCUT2D eigenvalue weighted by molar-refractivity contribution is 9.10. The fourth-order valence-electron chi connectivity index (χ4n) is 1.69. The predicted octanol–water partition coefficient (Wildman–Crippen LogP) is 3.47. The minimum absolute atomic E-state index is 0.208. The smallest absolute Gasteiger partial charge is 0.407 e. The molecule has 0 aliphatic rings. The molecule has 0 aromatic carbocycles. The monoisotopic (exact) mass is 388 g/mol. The van der Waals surface area contributed by atoms with Crippen LogP contribution in [0.25, 0.3) is 0 Å². The first-order chi connectivity index (χ1) is 10.7. The van der Waals surface area contributed by atoms with Crippen LogP contribution in [-0.4, -0.2) is 34.7 Å². The van der Waals surface area contributed by atoms with Gasteiger partial charge < -0.3 is 25.5 Å². The molecule has 8 nitrogen and oxygen atoms in total. The molecule has 0 atom stereocenters. The van der Waals surface area contributed by atoms with Gasteiger partial charge in [-0.25, -0.2) is 4.79 Å². The first-order valence-corrected chi connectivity index (χ1v) is 7.99. The van der Waals surface area contributed by atoms with Crippen molar-refractivity contribution in [3.63, 3.8) is 0 Å². The molecule has 1 aromatic rings. The zero-order valence-corrected chi connectivity index (χ0v) is 15.0. The van der Waals surface area contributed by atoms with Gasteiger partial charge in [0.05, 0.1) is 4.47 Å². The summed E-state index contributed by atoms with van der Waals surface area (Å²) in [5, 5.41) is 16.5. The summed E-state index contributed by atoms with van der Waals surface area (Å²) < 4.78 is 5.78. The largest absolute Gasteiger partial charge is 0.444 e. The molecule has 0 fully saturated rings. The van der Waals surface area contributed by atoms with Crippen molar-refractivity contribution in [2.45, 2.75) is 39.2 Å². The third kappa shape index (κ3) is 7.78. The topological polar surface area (TPSA) is 106 Å². The SMILES string of the molecule is CC(C)(C)OC(=O)NCCCCNc1cc(Br)cnc1[N+](=O)[O-]. The summed E-state index contributed by atoms with van der Waals surface area (Å²) in [6, 6.07) is 1.62. The van der Waals surface area contributed by atoms with E-state index in [1.54, 1.807) is 26.8 Å². The normalized spacial score (nSPS) is 11.0. The van der Waals surface area contributed by atoms with Crippen molar-refractivity contribution in [1.29, 1.82) is 0 Å². The van der Waals surface area contributed by atoms with E-state index in [1.165, 1.54) is 6.20 Å². The van der Waals surface area contributed by atoms with Crippen molar-refractivity contribution < 1.29 is 14.5 Å². The Balaban J connectivity index is 2.29. The highest BCUT2D eigenvalue weighted by atomic mass is 79.9. The molecule has 1 rings (SSSR count). The van der Waals surface area contributed by atoms with Gasteiger partial charge in [0.1, 0.15) is 11.3 Å². The molecule has 0 saturated heterocycles. The number of rotatable bonds is 7. The zero-order valence-electron chi connectivity index (χ0n) is 13.4. The number of carbonyl (C=O) groups excluding carboxylic acids is 1. The van der Waals surface area contributed by atoms with E-state index < -0.39 is 16.6 Å². The molecule has 23 heavy (non-hydrogen) atoms. The van der Waals surface area contributed by atoms with E-state index in [2.05, 4.69) is 31.5 Å². The maximum absolute atomic E-state index is 11.4. The molecule has 0 bridgehead atoms. The van der Waals surface area contributed by atoms with Crippen LogP contribution in [0.2, 0.25) is 0 Å². The van der Waals surface area contributed by atoms with Crippen molar-refractivity contribution in [3.8, 4) is 0 Å². The van der Waals surface area contributed by atoms with Gasteiger partial charge in [-0.15, -0.1) is 0 Å². The average molecular weight is 389 g/mol. The number of nitro groups is 1. The number of amides is 1. The molecule has 0 aliphatic heterocycles. The van der Waals surface area contributed by atoms with Gasteiger partial charge >= 0.3 is 11.9 Å². The van der Waals surface area contributed by atoms with E-state index in [4.69, 9.17) is 4.74 Å². The second-order valence-electron chi connectivity index (χ2n) is 5.84. The molecule has 2 N–H and O–H groups in total. The molecule has 9 heteroatoms. The van der Waals surface area contributed by atoms with Crippen LogP contribution < -0.4 is 10.6 Å². The summed E-state index contributed by atoms with van der Waals surface area (Å²) in [5.74, 6) is -0.208. The van der Waals surface area contributed by atoms with Crippen LogP contribution in [0.15, 0.2) is 16.7 Å². The van der Waals surface area contributed by atoms with Crippen LogP contribution in [-0.2, 0) is 4.74 Å². The highest BCUT2D eigenvalue weighted by Crippen LogP contribution is 2.24. The molecule has 0 unspecified atom stereocenters. The van der Waals surface area contributed by atoms with Crippen molar-refractivity contribution in [3.05, 3.63) is 26.9 Å². The lowest BCUT2D eigenvalue weighted by atomic mass is 10.2. The van der Waals surface area contributed by atoms with Crippen molar-refractivity contribution in [2.24, 2.45) is 0 Å². The third-order valence-corrected chi connectivity index (χ3v) is 3.03. The van der Waals surface area contributed by atoms with E-state index in [1.807, 2.05) is 0 Å². The second kappa shape index (κ2) is 8.66. The van der Waals surface area contributed by atoms with Gasteiger partial charge in [-0.2, -0.15) is 0 Å². The summed E-state index contributed by atoms with van der Waals surface area (Å²) in [5.41, 5.74) is -0.150. The highest BCUT2D eigenvalue weighted by Gasteiger charge is 2.16. The molecule has 1 aromatic heterocycles. The van der Waals surface area contributed by atoms with Gasteiger partial charge in [0.15, 0.2) is 6.20 Å². The van der Waals surface area contributed by atoms with Gasteiger partial charge in [0.25, 0.3) is 0 Å². The lowest BCUT2D eigenvalue weighted by molar-refractivity contribution is -0.388. The Morgan fingerprint density at radius 3 is 2.65 bits per heavy atom. The molecule has 128 valence electrons. The molecule has 0 aliphatic carbocycles. The molecule has 1 heterocycles. The number of carbonyl (C=O) groups is 1. The van der Waals surface area contributed by atoms with Crippen LogP contribution in [0.3, 0.4) is 0 Å². The Bertz CT molecular complexity index is 560. The van der Waals surface area contributed by atoms with Crippen LogP contribution in [0.4, 0.5) is 16.3 Å². The number of halogens is 1. The standard InChI is InChI=1S/C14H21BrN4O4/c1-14(2,3)23-13(20)17-7-5-4-6-16-11-8-10(15)9-18-12(11)19(21)22/h8-9,16H,4-7H2,1-3H3,(H,17,20). The fraction of sp³-hybridized carbons (Fsp3) is 0.571. The lowest BCUT2D eigenvalue weighted by Crippen LogP contribution is -2.33. The fourth-order valence-corrected chi connectivity index (χ4v) is 2.02. The Kier molecular flexibility index (Phi) is 7.21. The number of hydrogen-bond donors (Lipinski definition) is 2. The number of alkyl carbamates (subject to hydrolysis) is 1. The number of ether oxygens (including phenoxy) is 1. The van der Waals surface area contributed by atoms with Crippen molar-refractivity contribution in [2.75, 3.05) is 18.4 Å². The number of unbranched alkanes of at least 4 members (excludes halogenated alkanes) is 1. The number of hydrogen-bond acceptors (Lipinski definition) is 6. The van der Waals surface area contributed by atoms with Gasteiger partial charge in [0.2, 0.25) is 0 Å². The maximum atomic E-state index is 11.4. The van der Waals surface area contributed by atoms with Crippen LogP contribution in [0.5, 0.6) is 0 Å². The predicted molar refractivity (Wildman–Crippen MR) is 90.6 cm³/mol. The number of aromatic nitrogens is 1. The average Bonchev–Trinajstić information content (AvgIpc) is 2.40. The molecule has 0 radical (unpaired) electrons. The second-order valence-corrected chi connectivity index (χ2v) is 6.76. The third-order valence-electron chi connectivity index (χ3n) is 2.59. The first-order valence-electron chi connectivity index (χ1n) is 7.20. The zero-order chi connectivity index (χ0) is 17.5. The maximum Gasteiger partial charge on any atom is 0.407 e. The van der Waals surface area contributed by atoms with Crippen LogP contribution in [0.1, 0.15) is 33.6 Å². The van der Waals surface area contributed by atoms with Gasteiger partial charge in [-0.3, -0.25) is 0 Å². The van der Waals surface area contributed by atoms with Crippen LogP contribution >= 0.6 is 15.9 Å². The van der Waals surface area contributed by atoms with E-state index >= 15 is 0 Å². The summed E-state index contributed by atoms with van der Waals surface area (Å²) in [6.07, 6.45) is 2.40. The number of anilines is 1. The number of nitrogens with zero attached hydrogens (tertiary/aromatic N) is 2. The minimum atomic E-state index is -0.529.